The van der Waals surface area contributed by atoms with Crippen LogP contribution in [0.5, 0.6) is 0 Å². The molecule has 0 unspecified atom stereocenters. The summed E-state index contributed by atoms with van der Waals surface area (Å²) in [5.41, 5.74) is -0.981. The summed E-state index contributed by atoms with van der Waals surface area (Å²) in [5.74, 6) is 0. The van der Waals surface area contributed by atoms with Gasteiger partial charge in [0.15, 0.2) is 0 Å². The van der Waals surface area contributed by atoms with Crippen molar-refractivity contribution < 1.29 is 18.1 Å². The van der Waals surface area contributed by atoms with Crippen molar-refractivity contribution in [3.05, 3.63) is 63.2 Å². The second kappa shape index (κ2) is 6.45. The van der Waals surface area contributed by atoms with Gasteiger partial charge in [-0.3, -0.25) is 10.1 Å². The molecule has 9 heteroatoms. The maximum absolute atomic E-state index is 12.7. The average Bonchev–Trinajstić information content (AvgIpc) is 2.45. The second-order valence-electron chi connectivity index (χ2n) is 4.12. The fourth-order valence-corrected chi connectivity index (χ4v) is 2.59. The van der Waals surface area contributed by atoms with Crippen LogP contribution in [-0.2, 0) is 6.18 Å². The molecule has 2 aromatic rings. The Labute approximate surface area is 132 Å². The molecule has 0 saturated heterocycles. The first-order chi connectivity index (χ1) is 10.3. The minimum Gasteiger partial charge on any atom is -0.324 e. The second-order valence-corrected chi connectivity index (χ2v) is 5.38. The van der Waals surface area contributed by atoms with Crippen LogP contribution in [-0.4, -0.2) is 4.92 Å². The van der Waals surface area contributed by atoms with Gasteiger partial charge in [-0.2, -0.15) is 13.2 Å². The standard InChI is InChI=1S/C13H8ClF3N2O2S/c14-9-6-5-8(13(15,16)17)7-10(9)18-22-12-4-2-1-3-11(12)19(20)21/h1-7,18H. The molecule has 0 fully saturated rings. The van der Waals surface area contributed by atoms with Gasteiger partial charge in [0.2, 0.25) is 0 Å². The Morgan fingerprint density at radius 3 is 2.50 bits per heavy atom. The Kier molecular flexibility index (Phi) is 4.82. The zero-order valence-corrected chi connectivity index (χ0v) is 12.3. The van der Waals surface area contributed by atoms with Crippen LogP contribution in [0.3, 0.4) is 0 Å². The van der Waals surface area contributed by atoms with Gasteiger partial charge in [0, 0.05) is 6.07 Å². The van der Waals surface area contributed by atoms with Gasteiger partial charge < -0.3 is 4.72 Å². The number of hydrogen-bond acceptors (Lipinski definition) is 4. The van der Waals surface area contributed by atoms with Gasteiger partial charge in [-0.05, 0) is 36.2 Å². The summed E-state index contributed by atoms with van der Waals surface area (Å²) >= 11 is 6.66. The van der Waals surface area contributed by atoms with Gasteiger partial charge in [0.05, 0.1) is 21.2 Å². The highest BCUT2D eigenvalue weighted by Crippen LogP contribution is 2.36. The van der Waals surface area contributed by atoms with E-state index in [1.165, 1.54) is 18.2 Å². The number of alkyl halides is 3. The van der Waals surface area contributed by atoms with Crippen molar-refractivity contribution in [3.63, 3.8) is 0 Å². The first kappa shape index (κ1) is 16.4. The fraction of sp³-hybridized carbons (Fsp3) is 0.0769. The summed E-state index contributed by atoms with van der Waals surface area (Å²) in [4.78, 5) is 10.6. The molecule has 2 rings (SSSR count). The molecule has 0 saturated carbocycles. The minimum absolute atomic E-state index is 0.0274. The molecule has 4 nitrogen and oxygen atoms in total. The first-order valence-corrected chi connectivity index (χ1v) is 7.01. The Bertz CT molecular complexity index is 710. The van der Waals surface area contributed by atoms with Gasteiger partial charge in [-0.15, -0.1) is 0 Å². The first-order valence-electron chi connectivity index (χ1n) is 5.82. The third kappa shape index (κ3) is 3.83. The molecule has 116 valence electrons. The molecule has 0 aliphatic rings. The number of halogens is 4. The van der Waals surface area contributed by atoms with E-state index < -0.39 is 16.7 Å². The minimum atomic E-state index is -4.50. The van der Waals surface area contributed by atoms with E-state index in [4.69, 9.17) is 11.6 Å². The van der Waals surface area contributed by atoms with Crippen LogP contribution in [0.4, 0.5) is 24.5 Å². The van der Waals surface area contributed by atoms with E-state index in [0.29, 0.717) is 0 Å². The van der Waals surface area contributed by atoms with Crippen molar-refractivity contribution in [1.82, 2.24) is 0 Å². The van der Waals surface area contributed by atoms with Crippen LogP contribution in [0, 0.1) is 10.1 Å². The average molecular weight is 349 g/mol. The highest BCUT2D eigenvalue weighted by molar-refractivity contribution is 8.00. The zero-order valence-electron chi connectivity index (χ0n) is 10.7. The van der Waals surface area contributed by atoms with Crippen molar-refractivity contribution >= 4 is 34.9 Å². The van der Waals surface area contributed by atoms with E-state index >= 15 is 0 Å². The molecule has 0 aliphatic heterocycles. The number of hydrogen-bond donors (Lipinski definition) is 1. The van der Waals surface area contributed by atoms with Crippen LogP contribution in [0.15, 0.2) is 47.4 Å². The van der Waals surface area contributed by atoms with Gasteiger partial charge in [0.1, 0.15) is 4.90 Å². The Hall–Kier alpha value is -1.93. The number of nitrogens with one attached hydrogen (secondary N) is 1. The predicted molar refractivity (Wildman–Crippen MR) is 79.0 cm³/mol. The number of para-hydroxylation sites is 1. The molecular formula is C13H8ClF3N2O2S. The van der Waals surface area contributed by atoms with Gasteiger partial charge in [-0.1, -0.05) is 23.7 Å². The van der Waals surface area contributed by atoms with Crippen molar-refractivity contribution in [2.75, 3.05) is 4.72 Å². The topological polar surface area (TPSA) is 55.2 Å². The third-order valence-corrected chi connectivity index (χ3v) is 3.84. The van der Waals surface area contributed by atoms with E-state index in [2.05, 4.69) is 4.72 Å². The van der Waals surface area contributed by atoms with Crippen LogP contribution in [0.1, 0.15) is 5.56 Å². The molecule has 0 heterocycles. The van der Waals surface area contributed by atoms with Gasteiger partial charge in [0.25, 0.3) is 5.69 Å². The molecule has 0 aromatic heterocycles. The largest absolute Gasteiger partial charge is 0.416 e. The van der Waals surface area contributed by atoms with E-state index in [9.17, 15) is 23.3 Å². The lowest BCUT2D eigenvalue weighted by molar-refractivity contribution is -0.387. The number of rotatable bonds is 4. The molecule has 22 heavy (non-hydrogen) atoms. The fourth-order valence-electron chi connectivity index (χ4n) is 1.58. The highest BCUT2D eigenvalue weighted by atomic mass is 35.5. The normalized spacial score (nSPS) is 11.3. The van der Waals surface area contributed by atoms with Crippen molar-refractivity contribution in [1.29, 1.82) is 0 Å². The summed E-state index contributed by atoms with van der Waals surface area (Å²) in [5, 5.41) is 11.0. The van der Waals surface area contributed by atoms with E-state index in [1.807, 2.05) is 0 Å². The third-order valence-electron chi connectivity index (χ3n) is 2.63. The lowest BCUT2D eigenvalue weighted by Crippen LogP contribution is -2.05. The smallest absolute Gasteiger partial charge is 0.324 e. The molecule has 0 aliphatic carbocycles. The maximum atomic E-state index is 12.7. The molecule has 0 bridgehead atoms. The van der Waals surface area contributed by atoms with E-state index in [1.54, 1.807) is 6.07 Å². The molecule has 0 spiro atoms. The highest BCUT2D eigenvalue weighted by Gasteiger charge is 2.31. The summed E-state index contributed by atoms with van der Waals surface area (Å²) < 4.78 is 40.6. The van der Waals surface area contributed by atoms with Crippen molar-refractivity contribution in [2.45, 2.75) is 11.1 Å². The lowest BCUT2D eigenvalue weighted by Gasteiger charge is -2.11. The Morgan fingerprint density at radius 1 is 1.18 bits per heavy atom. The molecule has 0 amide bonds. The number of nitro benzene ring substituents is 1. The SMILES string of the molecule is O=[N+]([O-])c1ccccc1SNc1cc(C(F)(F)F)ccc1Cl. The van der Waals surface area contributed by atoms with E-state index in [0.717, 1.165) is 30.1 Å². The van der Waals surface area contributed by atoms with Gasteiger partial charge in [-0.25, -0.2) is 0 Å². The molecule has 2 aromatic carbocycles. The quantitative estimate of drug-likeness (QED) is 0.457. The Morgan fingerprint density at radius 2 is 1.86 bits per heavy atom. The molecule has 0 radical (unpaired) electrons. The maximum Gasteiger partial charge on any atom is 0.416 e. The van der Waals surface area contributed by atoms with Crippen LogP contribution < -0.4 is 4.72 Å². The lowest BCUT2D eigenvalue weighted by atomic mass is 10.2. The van der Waals surface area contributed by atoms with Crippen molar-refractivity contribution in [3.8, 4) is 0 Å². The number of nitrogens with zero attached hydrogens (tertiary/aromatic N) is 1. The van der Waals surface area contributed by atoms with Crippen molar-refractivity contribution in [2.24, 2.45) is 0 Å². The van der Waals surface area contributed by atoms with Crippen LogP contribution in [0.2, 0.25) is 5.02 Å². The molecular weight excluding hydrogens is 341 g/mol. The Balaban J connectivity index is 2.24. The molecule has 0 atom stereocenters. The van der Waals surface area contributed by atoms with Crippen LogP contribution >= 0.6 is 23.5 Å². The van der Waals surface area contributed by atoms with Crippen LogP contribution in [0.25, 0.3) is 0 Å². The summed E-state index contributed by atoms with van der Waals surface area (Å²) in [6.45, 7) is 0. The predicted octanol–water partition coefficient (Wildman–Crippen LogP) is 5.39. The monoisotopic (exact) mass is 348 g/mol. The summed E-state index contributed by atoms with van der Waals surface area (Å²) in [7, 11) is 0. The summed E-state index contributed by atoms with van der Waals surface area (Å²) in [6, 6.07) is 8.71. The molecule has 1 N–H and O–H groups in total. The number of nitro groups is 1. The van der Waals surface area contributed by atoms with E-state index in [-0.39, 0.29) is 21.3 Å². The number of benzene rings is 2. The number of anilines is 1. The summed E-state index contributed by atoms with van der Waals surface area (Å²) in [6.07, 6.45) is -4.50. The zero-order chi connectivity index (χ0) is 16.3. The van der Waals surface area contributed by atoms with Gasteiger partial charge >= 0.3 is 6.18 Å².